The maximum atomic E-state index is 6.42. The third kappa shape index (κ3) is 3.82. The first kappa shape index (κ1) is 18.7. The summed E-state index contributed by atoms with van der Waals surface area (Å²) in [4.78, 5) is 13.8. The Hall–Kier alpha value is -1.68. The van der Waals surface area contributed by atoms with Crippen LogP contribution in [-0.4, -0.2) is 54.3 Å². The maximum absolute atomic E-state index is 6.42. The van der Waals surface area contributed by atoms with Crippen LogP contribution in [0.15, 0.2) is 6.33 Å². The fourth-order valence-corrected chi connectivity index (χ4v) is 5.63. The van der Waals surface area contributed by atoms with Crippen LogP contribution >= 0.6 is 11.3 Å². The SMILES string of the molecule is C#CCOC[C@@H]1CCc2sc3ncnc(O[C@H]4CC[C@H](N(C)C)CC4)c3c21. The van der Waals surface area contributed by atoms with Gasteiger partial charge < -0.3 is 14.4 Å². The maximum Gasteiger partial charge on any atom is 0.225 e. The van der Waals surface area contributed by atoms with Crippen LogP contribution in [0.3, 0.4) is 0 Å². The zero-order chi connectivity index (χ0) is 18.8. The fourth-order valence-electron chi connectivity index (χ4n) is 4.39. The summed E-state index contributed by atoms with van der Waals surface area (Å²) < 4.78 is 12.1. The Kier molecular flexibility index (Phi) is 5.63. The lowest BCUT2D eigenvalue weighted by molar-refractivity contribution is 0.108. The molecule has 6 heteroatoms. The van der Waals surface area contributed by atoms with Gasteiger partial charge in [-0.2, -0.15) is 0 Å². The van der Waals surface area contributed by atoms with Gasteiger partial charge in [-0.05, 0) is 58.2 Å². The molecule has 0 aromatic carbocycles. The number of fused-ring (bicyclic) bond motifs is 3. The van der Waals surface area contributed by atoms with Gasteiger partial charge in [-0.15, -0.1) is 17.8 Å². The Morgan fingerprint density at radius 3 is 2.78 bits per heavy atom. The van der Waals surface area contributed by atoms with Crippen LogP contribution in [0.4, 0.5) is 0 Å². The smallest absolute Gasteiger partial charge is 0.225 e. The first-order chi connectivity index (χ1) is 13.2. The van der Waals surface area contributed by atoms with Crippen molar-refractivity contribution in [3.8, 4) is 18.2 Å². The number of aromatic nitrogens is 2. The molecule has 1 atom stereocenters. The summed E-state index contributed by atoms with van der Waals surface area (Å²) in [5, 5.41) is 1.11. The van der Waals surface area contributed by atoms with Gasteiger partial charge in [-0.3, -0.25) is 0 Å². The predicted molar refractivity (Wildman–Crippen MR) is 108 cm³/mol. The third-order valence-corrected chi connectivity index (χ3v) is 7.03. The average molecular weight is 386 g/mol. The molecule has 0 bridgehead atoms. The number of hydrogen-bond acceptors (Lipinski definition) is 6. The molecule has 5 nitrogen and oxygen atoms in total. The molecule has 27 heavy (non-hydrogen) atoms. The van der Waals surface area contributed by atoms with Crippen molar-refractivity contribution in [3.05, 3.63) is 16.8 Å². The zero-order valence-electron chi connectivity index (χ0n) is 16.1. The molecule has 0 unspecified atom stereocenters. The third-order valence-electron chi connectivity index (χ3n) is 5.85. The minimum atomic E-state index is 0.243. The van der Waals surface area contributed by atoms with E-state index in [1.54, 1.807) is 17.7 Å². The first-order valence-corrected chi connectivity index (χ1v) is 10.6. The Morgan fingerprint density at radius 2 is 2.04 bits per heavy atom. The summed E-state index contributed by atoms with van der Waals surface area (Å²) >= 11 is 1.78. The van der Waals surface area contributed by atoms with Crippen molar-refractivity contribution < 1.29 is 9.47 Å². The van der Waals surface area contributed by atoms with Gasteiger partial charge in [0.1, 0.15) is 23.9 Å². The molecule has 2 aromatic heterocycles. The highest BCUT2D eigenvalue weighted by atomic mass is 32.1. The topological polar surface area (TPSA) is 47.5 Å². The number of thiophene rings is 1. The first-order valence-electron chi connectivity index (χ1n) is 9.78. The van der Waals surface area contributed by atoms with Gasteiger partial charge in [0.25, 0.3) is 0 Å². The molecule has 0 spiro atoms. The van der Waals surface area contributed by atoms with E-state index in [4.69, 9.17) is 15.9 Å². The summed E-state index contributed by atoms with van der Waals surface area (Å²) in [6.07, 6.45) is 13.9. The van der Waals surface area contributed by atoms with Crippen LogP contribution in [-0.2, 0) is 11.2 Å². The van der Waals surface area contributed by atoms with Gasteiger partial charge in [0.2, 0.25) is 5.88 Å². The van der Waals surface area contributed by atoms with Crippen LogP contribution < -0.4 is 4.74 Å². The Labute approximate surface area is 165 Å². The van der Waals surface area contributed by atoms with Crippen molar-refractivity contribution in [1.29, 1.82) is 0 Å². The fraction of sp³-hybridized carbons (Fsp3) is 0.619. The molecule has 2 aromatic rings. The molecule has 0 aliphatic heterocycles. The molecule has 4 rings (SSSR count). The van der Waals surface area contributed by atoms with E-state index in [2.05, 4.69) is 34.9 Å². The highest BCUT2D eigenvalue weighted by Gasteiger charge is 2.31. The summed E-state index contributed by atoms with van der Waals surface area (Å²) in [7, 11) is 4.33. The number of terminal acetylenes is 1. The molecule has 144 valence electrons. The van der Waals surface area contributed by atoms with Crippen molar-refractivity contribution in [2.75, 3.05) is 27.3 Å². The molecule has 1 saturated carbocycles. The second-order valence-corrected chi connectivity index (χ2v) is 8.85. The molecular formula is C21H27N3O2S. The molecule has 1 fully saturated rings. The normalized spacial score (nSPS) is 24.9. The average Bonchev–Trinajstić information content (AvgIpc) is 3.22. The van der Waals surface area contributed by atoms with E-state index in [0.717, 1.165) is 41.8 Å². The molecule has 2 aliphatic carbocycles. The van der Waals surface area contributed by atoms with Crippen molar-refractivity contribution in [3.63, 3.8) is 0 Å². The van der Waals surface area contributed by atoms with Crippen molar-refractivity contribution >= 4 is 21.6 Å². The molecule has 0 amide bonds. The summed E-state index contributed by atoms with van der Waals surface area (Å²) in [5.41, 5.74) is 1.34. The highest BCUT2D eigenvalue weighted by Crippen LogP contribution is 2.46. The van der Waals surface area contributed by atoms with E-state index in [1.807, 2.05) is 0 Å². The minimum absolute atomic E-state index is 0.243. The van der Waals surface area contributed by atoms with E-state index in [-0.39, 0.29) is 6.10 Å². The van der Waals surface area contributed by atoms with Crippen molar-refractivity contribution in [1.82, 2.24) is 14.9 Å². The molecule has 0 N–H and O–H groups in total. The van der Waals surface area contributed by atoms with Gasteiger partial charge in [0, 0.05) is 16.8 Å². The van der Waals surface area contributed by atoms with E-state index in [9.17, 15) is 0 Å². The Morgan fingerprint density at radius 1 is 1.22 bits per heavy atom. The van der Waals surface area contributed by atoms with Crippen LogP contribution in [0.1, 0.15) is 48.5 Å². The summed E-state index contributed by atoms with van der Waals surface area (Å²) in [5.74, 6) is 3.67. The molecule has 0 saturated heterocycles. The minimum Gasteiger partial charge on any atom is -0.474 e. The second-order valence-electron chi connectivity index (χ2n) is 7.76. The Balaban J connectivity index is 1.55. The van der Waals surface area contributed by atoms with Gasteiger partial charge in [0.05, 0.1) is 12.0 Å². The number of hydrogen-bond donors (Lipinski definition) is 0. The standard InChI is InChI=1S/C21H27N3O2S/c1-4-11-25-12-14-5-10-17-18(14)19-20(22-13-23-21(19)27-17)26-16-8-6-15(7-9-16)24(2)3/h1,13-16H,5-12H2,2-3H3/t14-,15-,16-/m0/s1. The van der Waals surface area contributed by atoms with E-state index in [0.29, 0.717) is 25.2 Å². The van der Waals surface area contributed by atoms with Crippen LogP contribution in [0.2, 0.25) is 0 Å². The Bertz CT molecular complexity index is 834. The second kappa shape index (κ2) is 8.14. The molecular weight excluding hydrogens is 358 g/mol. The molecule has 2 aliphatic rings. The van der Waals surface area contributed by atoms with Crippen molar-refractivity contribution in [2.45, 2.75) is 56.6 Å². The zero-order valence-corrected chi connectivity index (χ0v) is 16.9. The number of ether oxygens (including phenoxy) is 2. The van der Waals surface area contributed by atoms with Crippen molar-refractivity contribution in [2.24, 2.45) is 0 Å². The summed E-state index contributed by atoms with van der Waals surface area (Å²) in [6, 6.07) is 0.665. The number of nitrogens with zero attached hydrogens (tertiary/aromatic N) is 3. The van der Waals surface area contributed by atoms with E-state index in [1.165, 1.54) is 23.3 Å². The lowest BCUT2D eigenvalue weighted by Crippen LogP contribution is -2.35. The number of rotatable bonds is 6. The summed E-state index contributed by atoms with van der Waals surface area (Å²) in [6.45, 7) is 1.02. The monoisotopic (exact) mass is 385 g/mol. The van der Waals surface area contributed by atoms with E-state index < -0.39 is 0 Å². The number of aryl methyl sites for hydroxylation is 1. The van der Waals surface area contributed by atoms with Crippen LogP contribution in [0.5, 0.6) is 5.88 Å². The van der Waals surface area contributed by atoms with Crippen LogP contribution in [0.25, 0.3) is 10.2 Å². The molecule has 0 radical (unpaired) electrons. The molecule has 2 heterocycles. The van der Waals surface area contributed by atoms with Gasteiger partial charge in [-0.25, -0.2) is 9.97 Å². The largest absolute Gasteiger partial charge is 0.474 e. The lowest BCUT2D eigenvalue weighted by Gasteiger charge is -2.32. The van der Waals surface area contributed by atoms with Gasteiger partial charge in [-0.1, -0.05) is 5.92 Å². The van der Waals surface area contributed by atoms with E-state index >= 15 is 0 Å². The lowest BCUT2D eigenvalue weighted by atomic mass is 9.92. The predicted octanol–water partition coefficient (Wildman–Crippen LogP) is 3.62. The highest BCUT2D eigenvalue weighted by molar-refractivity contribution is 7.19. The van der Waals surface area contributed by atoms with Gasteiger partial charge >= 0.3 is 0 Å². The van der Waals surface area contributed by atoms with Crippen LogP contribution in [0, 0.1) is 12.3 Å². The quantitative estimate of drug-likeness (QED) is 0.561. The van der Waals surface area contributed by atoms with Gasteiger partial charge in [0.15, 0.2) is 0 Å².